The van der Waals surface area contributed by atoms with Crippen molar-refractivity contribution in [3.05, 3.63) is 0 Å². The number of aliphatic hydroxyl groups is 1. The van der Waals surface area contributed by atoms with Gasteiger partial charge in [0.1, 0.15) is 0 Å². The van der Waals surface area contributed by atoms with Gasteiger partial charge < -0.3 is 20.6 Å². The highest BCUT2D eigenvalue weighted by atomic mass is 16.3. The molecule has 1 spiro atoms. The van der Waals surface area contributed by atoms with Gasteiger partial charge in [-0.3, -0.25) is 4.79 Å². The van der Waals surface area contributed by atoms with Gasteiger partial charge in [-0.2, -0.15) is 0 Å². The van der Waals surface area contributed by atoms with Crippen LogP contribution in [0, 0.1) is 5.41 Å². The molecule has 0 aromatic carbocycles. The summed E-state index contributed by atoms with van der Waals surface area (Å²) < 4.78 is 0. The minimum atomic E-state index is -0.422. The number of hydrogen-bond donors (Lipinski definition) is 2. The van der Waals surface area contributed by atoms with E-state index in [1.807, 2.05) is 0 Å². The molecule has 1 heterocycles. The van der Waals surface area contributed by atoms with Gasteiger partial charge in [0.05, 0.1) is 12.1 Å². The van der Waals surface area contributed by atoms with E-state index >= 15 is 0 Å². The van der Waals surface area contributed by atoms with Gasteiger partial charge >= 0.3 is 0 Å². The fourth-order valence-corrected chi connectivity index (χ4v) is 2.80. The minimum Gasteiger partial charge on any atom is -0.391 e. The molecule has 2 atom stereocenters. The first kappa shape index (κ1) is 13.8. The van der Waals surface area contributed by atoms with Crippen LogP contribution >= 0.6 is 0 Å². The van der Waals surface area contributed by atoms with Gasteiger partial charge in [-0.25, -0.2) is 0 Å². The maximum atomic E-state index is 11.6. The van der Waals surface area contributed by atoms with Gasteiger partial charge in [0.25, 0.3) is 0 Å². The van der Waals surface area contributed by atoms with Crippen molar-refractivity contribution in [1.82, 2.24) is 9.80 Å². The van der Waals surface area contributed by atoms with Gasteiger partial charge in [0.2, 0.25) is 5.91 Å². The highest BCUT2D eigenvalue weighted by Gasteiger charge is 2.51. The number of amides is 1. The summed E-state index contributed by atoms with van der Waals surface area (Å²) in [7, 11) is 3.45. The van der Waals surface area contributed by atoms with Gasteiger partial charge in [-0.15, -0.1) is 0 Å². The maximum absolute atomic E-state index is 11.6. The topological polar surface area (TPSA) is 69.8 Å². The zero-order valence-corrected chi connectivity index (χ0v) is 11.4. The Labute approximate surface area is 109 Å². The number of β-amino-alcohol motifs (C(OH)–C–C–N with tert-alkyl or cyclic N) is 1. The van der Waals surface area contributed by atoms with E-state index in [0.717, 1.165) is 26.1 Å². The van der Waals surface area contributed by atoms with Crippen LogP contribution in [0.1, 0.15) is 25.7 Å². The van der Waals surface area contributed by atoms with Crippen molar-refractivity contribution in [2.75, 3.05) is 33.7 Å². The van der Waals surface area contributed by atoms with Crippen molar-refractivity contribution in [1.29, 1.82) is 0 Å². The molecule has 5 nitrogen and oxygen atoms in total. The van der Waals surface area contributed by atoms with Crippen LogP contribution in [0.4, 0.5) is 0 Å². The fraction of sp³-hybridized carbons (Fsp3) is 0.923. The van der Waals surface area contributed by atoms with E-state index in [1.54, 1.807) is 14.1 Å². The average Bonchev–Trinajstić information content (AvgIpc) is 3.10. The summed E-state index contributed by atoms with van der Waals surface area (Å²) in [5.41, 5.74) is 6.10. The summed E-state index contributed by atoms with van der Waals surface area (Å²) in [6, 6.07) is -0.422. The number of piperidine rings is 1. The summed E-state index contributed by atoms with van der Waals surface area (Å²) in [5.74, 6) is -0.0220. The molecule has 2 aliphatic rings. The van der Waals surface area contributed by atoms with E-state index in [4.69, 9.17) is 5.73 Å². The van der Waals surface area contributed by atoms with E-state index in [9.17, 15) is 9.90 Å². The SMILES string of the molecule is CN(C)C(=O)C(N)CCN1CCC2(CC2)C(O)C1. The molecule has 1 aliphatic heterocycles. The molecule has 2 rings (SSSR count). The molecular weight excluding hydrogens is 230 g/mol. The first-order valence-electron chi connectivity index (χ1n) is 6.82. The molecule has 0 radical (unpaired) electrons. The molecule has 1 amide bonds. The van der Waals surface area contributed by atoms with Crippen LogP contribution in [-0.2, 0) is 4.79 Å². The lowest BCUT2D eigenvalue weighted by atomic mass is 9.90. The molecule has 0 bridgehead atoms. The van der Waals surface area contributed by atoms with Crippen LogP contribution in [0.5, 0.6) is 0 Å². The summed E-state index contributed by atoms with van der Waals surface area (Å²) in [4.78, 5) is 15.4. The molecule has 104 valence electrons. The molecule has 1 saturated heterocycles. The third kappa shape index (κ3) is 2.84. The Hall–Kier alpha value is -0.650. The molecular formula is C13H25N3O2. The fourth-order valence-electron chi connectivity index (χ4n) is 2.80. The predicted molar refractivity (Wildman–Crippen MR) is 70.0 cm³/mol. The van der Waals surface area contributed by atoms with Crippen LogP contribution < -0.4 is 5.73 Å². The summed E-state index contributed by atoms with van der Waals surface area (Å²) in [6.07, 6.45) is 3.93. The van der Waals surface area contributed by atoms with E-state index in [0.29, 0.717) is 6.42 Å². The molecule has 3 N–H and O–H groups in total. The van der Waals surface area contributed by atoms with Crippen molar-refractivity contribution in [2.24, 2.45) is 11.1 Å². The van der Waals surface area contributed by atoms with Crippen LogP contribution in [-0.4, -0.2) is 66.7 Å². The van der Waals surface area contributed by atoms with E-state index in [1.165, 1.54) is 17.7 Å². The van der Waals surface area contributed by atoms with Crippen molar-refractivity contribution >= 4 is 5.91 Å². The monoisotopic (exact) mass is 255 g/mol. The number of nitrogens with two attached hydrogens (primary N) is 1. The van der Waals surface area contributed by atoms with E-state index in [-0.39, 0.29) is 17.4 Å². The summed E-state index contributed by atoms with van der Waals surface area (Å²) in [6.45, 7) is 2.57. The molecule has 1 aliphatic carbocycles. The van der Waals surface area contributed by atoms with Crippen LogP contribution in [0.15, 0.2) is 0 Å². The standard InChI is InChI=1S/C13H25N3O2/c1-15(2)12(18)10(14)3-7-16-8-6-13(4-5-13)11(17)9-16/h10-11,17H,3-9,14H2,1-2H3. The maximum Gasteiger partial charge on any atom is 0.239 e. The highest BCUT2D eigenvalue weighted by molar-refractivity contribution is 5.81. The van der Waals surface area contributed by atoms with Crippen molar-refractivity contribution in [3.8, 4) is 0 Å². The number of carbonyl (C=O) groups excluding carboxylic acids is 1. The number of carbonyl (C=O) groups is 1. The van der Waals surface area contributed by atoms with Crippen LogP contribution in [0.2, 0.25) is 0 Å². The molecule has 0 aromatic heterocycles. The third-order valence-corrected chi connectivity index (χ3v) is 4.47. The Bertz CT molecular complexity index is 315. The lowest BCUT2D eigenvalue weighted by Gasteiger charge is -2.36. The molecule has 1 saturated carbocycles. The first-order chi connectivity index (χ1) is 8.44. The van der Waals surface area contributed by atoms with Crippen LogP contribution in [0.3, 0.4) is 0 Å². The second-order valence-corrected chi connectivity index (χ2v) is 6.06. The molecule has 2 fully saturated rings. The Morgan fingerprint density at radius 2 is 2.17 bits per heavy atom. The largest absolute Gasteiger partial charge is 0.391 e. The van der Waals surface area contributed by atoms with Gasteiger partial charge in [0, 0.05) is 27.2 Å². The smallest absolute Gasteiger partial charge is 0.239 e. The number of nitrogens with zero attached hydrogens (tertiary/aromatic N) is 2. The van der Waals surface area contributed by atoms with E-state index in [2.05, 4.69) is 4.90 Å². The first-order valence-corrected chi connectivity index (χ1v) is 6.82. The van der Waals surface area contributed by atoms with Crippen molar-refractivity contribution < 1.29 is 9.90 Å². The Morgan fingerprint density at radius 1 is 1.50 bits per heavy atom. The number of likely N-dealkylation sites (N-methyl/N-ethyl adjacent to an activating group) is 1. The zero-order chi connectivity index (χ0) is 13.3. The number of aliphatic hydroxyl groups excluding tert-OH is 1. The molecule has 18 heavy (non-hydrogen) atoms. The number of likely N-dealkylation sites (tertiary alicyclic amines) is 1. The van der Waals surface area contributed by atoms with Gasteiger partial charge in [0.15, 0.2) is 0 Å². The van der Waals surface area contributed by atoms with E-state index < -0.39 is 6.04 Å². The molecule has 0 aromatic rings. The molecule has 2 unspecified atom stereocenters. The summed E-state index contributed by atoms with van der Waals surface area (Å²) in [5, 5.41) is 10.1. The minimum absolute atomic E-state index is 0.0220. The lowest BCUT2D eigenvalue weighted by molar-refractivity contribution is -0.130. The van der Waals surface area contributed by atoms with Crippen molar-refractivity contribution in [2.45, 2.75) is 37.8 Å². The zero-order valence-electron chi connectivity index (χ0n) is 11.4. The second kappa shape index (κ2) is 5.15. The average molecular weight is 255 g/mol. The van der Waals surface area contributed by atoms with Gasteiger partial charge in [-0.1, -0.05) is 0 Å². The van der Waals surface area contributed by atoms with Crippen LogP contribution in [0.25, 0.3) is 0 Å². The molecule has 5 heteroatoms. The number of rotatable bonds is 4. The van der Waals surface area contributed by atoms with Crippen molar-refractivity contribution in [3.63, 3.8) is 0 Å². The normalized spacial score (nSPS) is 28.1. The third-order valence-electron chi connectivity index (χ3n) is 4.47. The second-order valence-electron chi connectivity index (χ2n) is 6.06. The Balaban J connectivity index is 1.73. The predicted octanol–water partition coefficient (Wildman–Crippen LogP) is -0.361. The van der Waals surface area contributed by atoms with Gasteiger partial charge in [-0.05, 0) is 37.6 Å². The number of hydrogen-bond acceptors (Lipinski definition) is 4. The quantitative estimate of drug-likeness (QED) is 0.720. The Morgan fingerprint density at radius 3 is 2.67 bits per heavy atom. The summed E-state index contributed by atoms with van der Waals surface area (Å²) >= 11 is 0. The Kier molecular flexibility index (Phi) is 3.94. The lowest BCUT2D eigenvalue weighted by Crippen LogP contribution is -2.47. The highest BCUT2D eigenvalue weighted by Crippen LogP contribution is 2.53.